The lowest BCUT2D eigenvalue weighted by atomic mass is 10.00. The molecule has 1 aromatic heterocycles. The van der Waals surface area contributed by atoms with Gasteiger partial charge in [0.25, 0.3) is 5.91 Å². The zero-order valence-corrected chi connectivity index (χ0v) is 19.5. The van der Waals surface area contributed by atoms with Gasteiger partial charge in [-0.2, -0.15) is 0 Å². The monoisotopic (exact) mass is 469 g/mol. The number of carbonyl (C=O) groups is 2. The van der Waals surface area contributed by atoms with E-state index in [1.54, 1.807) is 12.1 Å². The molecule has 6 heteroatoms. The van der Waals surface area contributed by atoms with Gasteiger partial charge in [0.1, 0.15) is 5.82 Å². The van der Waals surface area contributed by atoms with Crippen molar-refractivity contribution in [3.05, 3.63) is 95.8 Å². The second-order valence-electron chi connectivity index (χ2n) is 9.03. The number of nitrogens with zero attached hydrogens (tertiary/aromatic N) is 1. The number of likely N-dealkylation sites (tertiary alicyclic amines) is 1. The van der Waals surface area contributed by atoms with Gasteiger partial charge >= 0.3 is 0 Å². The number of fused-ring (bicyclic) bond motifs is 1. The molecule has 5 nitrogen and oxygen atoms in total. The predicted octanol–water partition coefficient (Wildman–Crippen LogP) is 5.33. The molecule has 0 aliphatic carbocycles. The van der Waals surface area contributed by atoms with Crippen LogP contribution in [0.4, 0.5) is 4.39 Å². The third-order valence-corrected chi connectivity index (χ3v) is 6.72. The van der Waals surface area contributed by atoms with Crippen LogP contribution in [0.1, 0.15) is 35.2 Å². The van der Waals surface area contributed by atoms with Gasteiger partial charge in [-0.3, -0.25) is 9.59 Å². The SMILES string of the molecule is O=C(CCc1c(-c2ccc(F)cc2)[nH]c2ccccc12)NC1CCN(C(=O)c2ccccc2)CC1. The molecule has 2 N–H and O–H groups in total. The molecule has 2 amide bonds. The van der Waals surface area contributed by atoms with Crippen LogP contribution in [0.15, 0.2) is 78.9 Å². The van der Waals surface area contributed by atoms with Crippen molar-refractivity contribution in [1.82, 2.24) is 15.2 Å². The van der Waals surface area contributed by atoms with Crippen molar-refractivity contribution in [2.24, 2.45) is 0 Å². The summed E-state index contributed by atoms with van der Waals surface area (Å²) in [5.41, 5.74) is 4.58. The Kier molecular flexibility index (Phi) is 6.62. The van der Waals surface area contributed by atoms with Gasteiger partial charge in [-0.15, -0.1) is 0 Å². The third kappa shape index (κ3) is 5.11. The van der Waals surface area contributed by atoms with Crippen LogP contribution >= 0.6 is 0 Å². The van der Waals surface area contributed by atoms with Gasteiger partial charge in [0.2, 0.25) is 5.91 Å². The number of H-pyrrole nitrogens is 1. The highest BCUT2D eigenvalue weighted by atomic mass is 19.1. The molecule has 5 rings (SSSR count). The Morgan fingerprint density at radius 3 is 2.34 bits per heavy atom. The van der Waals surface area contributed by atoms with E-state index in [0.717, 1.165) is 40.6 Å². The first-order valence-electron chi connectivity index (χ1n) is 12.1. The highest BCUT2D eigenvalue weighted by Crippen LogP contribution is 2.31. The number of aromatic nitrogens is 1. The minimum atomic E-state index is -0.276. The number of aryl methyl sites for hydroxylation is 1. The molecular weight excluding hydrogens is 441 g/mol. The normalized spacial score (nSPS) is 14.3. The quantitative estimate of drug-likeness (QED) is 0.401. The first kappa shape index (κ1) is 22.8. The maximum absolute atomic E-state index is 13.5. The summed E-state index contributed by atoms with van der Waals surface area (Å²) in [6, 6.07) is 23.8. The van der Waals surface area contributed by atoms with E-state index in [9.17, 15) is 14.0 Å². The average molecular weight is 470 g/mol. The molecule has 1 aliphatic rings. The number of hydrogen-bond acceptors (Lipinski definition) is 2. The number of nitrogens with one attached hydrogen (secondary N) is 2. The Morgan fingerprint density at radius 2 is 1.60 bits per heavy atom. The molecule has 1 aliphatic heterocycles. The predicted molar refractivity (Wildman–Crippen MR) is 136 cm³/mol. The summed E-state index contributed by atoms with van der Waals surface area (Å²) in [5, 5.41) is 4.23. The third-order valence-electron chi connectivity index (χ3n) is 6.72. The Labute approximate surface area is 204 Å². The first-order chi connectivity index (χ1) is 17.1. The molecule has 0 atom stereocenters. The van der Waals surface area contributed by atoms with Crippen molar-refractivity contribution in [3.63, 3.8) is 0 Å². The van der Waals surface area contributed by atoms with Crippen molar-refractivity contribution in [1.29, 1.82) is 0 Å². The molecule has 0 bridgehead atoms. The van der Waals surface area contributed by atoms with Gasteiger partial charge in [0, 0.05) is 47.7 Å². The van der Waals surface area contributed by atoms with Gasteiger partial charge < -0.3 is 15.2 Å². The molecule has 1 fully saturated rings. The van der Waals surface area contributed by atoms with E-state index in [4.69, 9.17) is 0 Å². The molecule has 4 aromatic rings. The summed E-state index contributed by atoms with van der Waals surface area (Å²) < 4.78 is 13.5. The number of aromatic amines is 1. The Bertz CT molecular complexity index is 1320. The number of amides is 2. The van der Waals surface area contributed by atoms with Crippen molar-refractivity contribution in [2.45, 2.75) is 31.7 Å². The second kappa shape index (κ2) is 10.1. The zero-order chi connectivity index (χ0) is 24.2. The van der Waals surface area contributed by atoms with E-state index < -0.39 is 0 Å². The highest BCUT2D eigenvalue weighted by molar-refractivity contribution is 5.94. The van der Waals surface area contributed by atoms with Crippen molar-refractivity contribution in [2.75, 3.05) is 13.1 Å². The molecule has 0 unspecified atom stereocenters. The molecule has 2 heterocycles. The van der Waals surface area contributed by atoms with Gasteiger partial charge in [-0.05, 0) is 72.9 Å². The summed E-state index contributed by atoms with van der Waals surface area (Å²) in [6.07, 6.45) is 2.43. The van der Waals surface area contributed by atoms with Gasteiger partial charge in [0.05, 0.1) is 0 Å². The van der Waals surface area contributed by atoms with Gasteiger partial charge in [0.15, 0.2) is 0 Å². The average Bonchev–Trinajstić information content (AvgIpc) is 3.27. The van der Waals surface area contributed by atoms with E-state index in [2.05, 4.69) is 10.3 Å². The minimum absolute atomic E-state index is 0.00757. The van der Waals surface area contributed by atoms with E-state index in [0.29, 0.717) is 31.5 Å². The number of carbonyl (C=O) groups excluding carboxylic acids is 2. The number of halogens is 1. The molecule has 178 valence electrons. The number of hydrogen-bond donors (Lipinski definition) is 2. The summed E-state index contributed by atoms with van der Waals surface area (Å²) in [4.78, 5) is 30.8. The van der Waals surface area contributed by atoms with Crippen LogP contribution in [0.2, 0.25) is 0 Å². The zero-order valence-electron chi connectivity index (χ0n) is 19.5. The Morgan fingerprint density at radius 1 is 0.914 bits per heavy atom. The fraction of sp³-hybridized carbons (Fsp3) is 0.241. The molecule has 3 aromatic carbocycles. The fourth-order valence-electron chi connectivity index (χ4n) is 4.85. The highest BCUT2D eigenvalue weighted by Gasteiger charge is 2.24. The summed E-state index contributed by atoms with van der Waals surface area (Å²) in [7, 11) is 0. The van der Waals surface area contributed by atoms with Crippen molar-refractivity contribution < 1.29 is 14.0 Å². The van der Waals surface area contributed by atoms with Crippen LogP contribution in [-0.4, -0.2) is 40.8 Å². The smallest absolute Gasteiger partial charge is 0.253 e. The lowest BCUT2D eigenvalue weighted by Crippen LogP contribution is -2.46. The largest absolute Gasteiger partial charge is 0.354 e. The lowest BCUT2D eigenvalue weighted by molar-refractivity contribution is -0.122. The molecule has 1 saturated heterocycles. The van der Waals surface area contributed by atoms with Crippen LogP contribution in [-0.2, 0) is 11.2 Å². The number of para-hydroxylation sites is 1. The second-order valence-corrected chi connectivity index (χ2v) is 9.03. The Balaban J connectivity index is 1.20. The molecule has 35 heavy (non-hydrogen) atoms. The molecule has 0 saturated carbocycles. The number of rotatable bonds is 6. The van der Waals surface area contributed by atoms with Crippen LogP contribution in [0, 0.1) is 5.82 Å². The summed E-state index contributed by atoms with van der Waals surface area (Å²) >= 11 is 0. The number of piperidine rings is 1. The van der Waals surface area contributed by atoms with Crippen molar-refractivity contribution in [3.8, 4) is 11.3 Å². The van der Waals surface area contributed by atoms with E-state index in [1.807, 2.05) is 59.5 Å². The summed E-state index contributed by atoms with van der Waals surface area (Å²) in [6.45, 7) is 1.27. The van der Waals surface area contributed by atoms with E-state index in [1.165, 1.54) is 12.1 Å². The van der Waals surface area contributed by atoms with Gasteiger partial charge in [-0.25, -0.2) is 4.39 Å². The van der Waals surface area contributed by atoms with Crippen LogP contribution in [0.5, 0.6) is 0 Å². The Hall–Kier alpha value is -3.93. The maximum Gasteiger partial charge on any atom is 0.253 e. The van der Waals surface area contributed by atoms with Crippen LogP contribution < -0.4 is 5.32 Å². The molecule has 0 spiro atoms. The van der Waals surface area contributed by atoms with E-state index >= 15 is 0 Å². The minimum Gasteiger partial charge on any atom is -0.354 e. The first-order valence-corrected chi connectivity index (χ1v) is 12.1. The standard InChI is InChI=1S/C29H28FN3O2/c30-22-12-10-20(11-13-22)28-25(24-8-4-5-9-26(24)32-28)14-15-27(34)31-23-16-18-33(19-17-23)29(35)21-6-2-1-3-7-21/h1-13,23,32H,14-19H2,(H,31,34). The lowest BCUT2D eigenvalue weighted by Gasteiger charge is -2.32. The van der Waals surface area contributed by atoms with Crippen molar-refractivity contribution >= 4 is 22.7 Å². The van der Waals surface area contributed by atoms with Gasteiger partial charge in [-0.1, -0.05) is 36.4 Å². The molecule has 0 radical (unpaired) electrons. The number of benzene rings is 3. The maximum atomic E-state index is 13.5. The summed E-state index contributed by atoms with van der Waals surface area (Å²) in [5.74, 6) is -0.224. The topological polar surface area (TPSA) is 65.2 Å². The molecular formula is C29H28FN3O2. The van der Waals surface area contributed by atoms with E-state index in [-0.39, 0.29) is 23.7 Å². The fourth-order valence-corrected chi connectivity index (χ4v) is 4.85. The van der Waals surface area contributed by atoms with Crippen LogP contribution in [0.25, 0.3) is 22.2 Å². The van der Waals surface area contributed by atoms with Crippen LogP contribution in [0.3, 0.4) is 0 Å².